The van der Waals surface area contributed by atoms with Crippen molar-refractivity contribution < 1.29 is 5.11 Å². The first-order valence-electron chi connectivity index (χ1n) is 8.26. The van der Waals surface area contributed by atoms with Gasteiger partial charge < -0.3 is 10.4 Å². The SMILES string of the molecule is CCc1nn(CC)c(CNCC2CCCCC2CO)c1Br. The van der Waals surface area contributed by atoms with Crippen LogP contribution in [0.1, 0.15) is 50.9 Å². The van der Waals surface area contributed by atoms with Gasteiger partial charge in [-0.05, 0) is 60.5 Å². The summed E-state index contributed by atoms with van der Waals surface area (Å²) in [5, 5.41) is 17.7. The lowest BCUT2D eigenvalue weighted by Gasteiger charge is -2.30. The molecule has 120 valence electrons. The molecule has 2 unspecified atom stereocenters. The average molecular weight is 358 g/mol. The van der Waals surface area contributed by atoms with Crippen molar-refractivity contribution in [3.63, 3.8) is 0 Å². The van der Waals surface area contributed by atoms with Gasteiger partial charge in [0, 0.05) is 19.7 Å². The summed E-state index contributed by atoms with van der Waals surface area (Å²) in [5.41, 5.74) is 2.38. The van der Waals surface area contributed by atoms with E-state index in [0.717, 1.165) is 36.2 Å². The molecular formula is C16H28BrN3O. The van der Waals surface area contributed by atoms with Gasteiger partial charge in [0.25, 0.3) is 0 Å². The second-order valence-electron chi connectivity index (χ2n) is 5.99. The summed E-state index contributed by atoms with van der Waals surface area (Å²) in [6.45, 7) is 7.34. The molecule has 1 saturated carbocycles. The van der Waals surface area contributed by atoms with E-state index in [2.05, 4.69) is 44.9 Å². The minimum absolute atomic E-state index is 0.336. The lowest BCUT2D eigenvalue weighted by molar-refractivity contribution is 0.133. The Labute approximate surface area is 136 Å². The van der Waals surface area contributed by atoms with Crippen LogP contribution < -0.4 is 5.32 Å². The van der Waals surface area contributed by atoms with E-state index in [4.69, 9.17) is 0 Å². The smallest absolute Gasteiger partial charge is 0.0767 e. The first-order valence-corrected chi connectivity index (χ1v) is 9.06. The Morgan fingerprint density at radius 1 is 1.29 bits per heavy atom. The maximum atomic E-state index is 9.49. The summed E-state index contributed by atoms with van der Waals surface area (Å²) >= 11 is 3.69. The van der Waals surface area contributed by atoms with Gasteiger partial charge in [0.2, 0.25) is 0 Å². The van der Waals surface area contributed by atoms with Crippen LogP contribution >= 0.6 is 15.9 Å². The number of aryl methyl sites for hydroxylation is 2. The first-order chi connectivity index (χ1) is 10.2. The molecule has 1 fully saturated rings. The molecule has 0 spiro atoms. The molecule has 2 N–H and O–H groups in total. The number of aliphatic hydroxyl groups excluding tert-OH is 1. The largest absolute Gasteiger partial charge is 0.396 e. The summed E-state index contributed by atoms with van der Waals surface area (Å²) in [5.74, 6) is 1.10. The highest BCUT2D eigenvalue weighted by Gasteiger charge is 2.24. The zero-order valence-corrected chi connectivity index (χ0v) is 14.8. The molecule has 0 aromatic carbocycles. The molecular weight excluding hydrogens is 330 g/mol. The van der Waals surface area contributed by atoms with Crippen molar-refractivity contribution in [2.45, 2.75) is 59.0 Å². The Bertz CT molecular complexity index is 447. The molecule has 0 saturated heterocycles. The van der Waals surface area contributed by atoms with Crippen molar-refractivity contribution in [2.75, 3.05) is 13.2 Å². The van der Waals surface area contributed by atoms with Crippen molar-refractivity contribution in [1.29, 1.82) is 0 Å². The maximum absolute atomic E-state index is 9.49. The highest BCUT2D eigenvalue weighted by atomic mass is 79.9. The van der Waals surface area contributed by atoms with Crippen molar-refractivity contribution in [1.82, 2.24) is 15.1 Å². The van der Waals surface area contributed by atoms with E-state index < -0.39 is 0 Å². The van der Waals surface area contributed by atoms with E-state index in [-0.39, 0.29) is 0 Å². The van der Waals surface area contributed by atoms with Gasteiger partial charge in [-0.25, -0.2) is 0 Å². The number of aromatic nitrogens is 2. The van der Waals surface area contributed by atoms with Gasteiger partial charge in [0.1, 0.15) is 0 Å². The van der Waals surface area contributed by atoms with Gasteiger partial charge in [0.05, 0.1) is 15.9 Å². The van der Waals surface area contributed by atoms with Crippen molar-refractivity contribution in [3.05, 3.63) is 15.9 Å². The predicted molar refractivity (Wildman–Crippen MR) is 89.2 cm³/mol. The number of hydrogen-bond acceptors (Lipinski definition) is 3. The van der Waals surface area contributed by atoms with Gasteiger partial charge in [-0.3, -0.25) is 4.68 Å². The fraction of sp³-hybridized carbons (Fsp3) is 0.812. The monoisotopic (exact) mass is 357 g/mol. The summed E-state index contributed by atoms with van der Waals surface area (Å²) in [4.78, 5) is 0. The number of hydrogen-bond donors (Lipinski definition) is 2. The summed E-state index contributed by atoms with van der Waals surface area (Å²) in [7, 11) is 0. The van der Waals surface area contributed by atoms with E-state index in [9.17, 15) is 5.11 Å². The Morgan fingerprint density at radius 3 is 2.62 bits per heavy atom. The normalized spacial score (nSPS) is 22.7. The third kappa shape index (κ3) is 4.08. The molecule has 1 heterocycles. The lowest BCUT2D eigenvalue weighted by Crippen LogP contribution is -2.32. The van der Waals surface area contributed by atoms with Gasteiger partial charge in [0.15, 0.2) is 0 Å². The van der Waals surface area contributed by atoms with Crippen LogP contribution in [0.3, 0.4) is 0 Å². The van der Waals surface area contributed by atoms with Crippen LogP contribution in [-0.4, -0.2) is 28.0 Å². The maximum Gasteiger partial charge on any atom is 0.0767 e. The Hall–Kier alpha value is -0.390. The first kappa shape index (κ1) is 17.0. The number of rotatable bonds is 7. The minimum Gasteiger partial charge on any atom is -0.396 e. The quantitative estimate of drug-likeness (QED) is 0.788. The van der Waals surface area contributed by atoms with Crippen LogP contribution in [0.2, 0.25) is 0 Å². The molecule has 1 aliphatic carbocycles. The summed E-state index contributed by atoms with van der Waals surface area (Å²) in [6, 6.07) is 0. The van der Waals surface area contributed by atoms with Crippen LogP contribution in [0.4, 0.5) is 0 Å². The summed E-state index contributed by atoms with van der Waals surface area (Å²) in [6.07, 6.45) is 5.96. The Kier molecular flexibility index (Phi) is 6.71. The van der Waals surface area contributed by atoms with Gasteiger partial charge in [-0.2, -0.15) is 5.10 Å². The van der Waals surface area contributed by atoms with E-state index >= 15 is 0 Å². The van der Waals surface area contributed by atoms with Crippen molar-refractivity contribution in [2.24, 2.45) is 11.8 Å². The van der Waals surface area contributed by atoms with Gasteiger partial charge in [-0.1, -0.05) is 19.8 Å². The van der Waals surface area contributed by atoms with Crippen LogP contribution in [0.25, 0.3) is 0 Å². The Balaban J connectivity index is 1.92. The molecule has 0 radical (unpaired) electrons. The predicted octanol–water partition coefficient (Wildman–Crippen LogP) is 3.12. The molecule has 1 aromatic rings. The fourth-order valence-corrected chi connectivity index (χ4v) is 4.06. The van der Waals surface area contributed by atoms with Gasteiger partial charge >= 0.3 is 0 Å². The van der Waals surface area contributed by atoms with E-state index in [1.807, 2.05) is 0 Å². The van der Waals surface area contributed by atoms with Crippen LogP contribution in [0.15, 0.2) is 4.47 Å². The molecule has 4 nitrogen and oxygen atoms in total. The second kappa shape index (κ2) is 8.30. The highest BCUT2D eigenvalue weighted by molar-refractivity contribution is 9.10. The van der Waals surface area contributed by atoms with Crippen LogP contribution in [-0.2, 0) is 19.5 Å². The van der Waals surface area contributed by atoms with E-state index in [1.54, 1.807) is 0 Å². The third-order valence-corrected chi connectivity index (χ3v) is 5.61. The average Bonchev–Trinajstić information content (AvgIpc) is 2.83. The number of nitrogens with zero attached hydrogens (tertiary/aromatic N) is 2. The molecule has 0 aliphatic heterocycles. The zero-order valence-electron chi connectivity index (χ0n) is 13.2. The molecule has 1 aliphatic rings. The Morgan fingerprint density at radius 2 is 2.00 bits per heavy atom. The van der Waals surface area contributed by atoms with E-state index in [1.165, 1.54) is 31.4 Å². The molecule has 0 amide bonds. The lowest BCUT2D eigenvalue weighted by atomic mass is 9.79. The topological polar surface area (TPSA) is 50.1 Å². The van der Waals surface area contributed by atoms with Gasteiger partial charge in [-0.15, -0.1) is 0 Å². The van der Waals surface area contributed by atoms with Crippen molar-refractivity contribution in [3.8, 4) is 0 Å². The zero-order chi connectivity index (χ0) is 15.2. The van der Waals surface area contributed by atoms with E-state index in [0.29, 0.717) is 18.4 Å². The molecule has 1 aromatic heterocycles. The number of halogens is 1. The number of aliphatic hydroxyl groups is 1. The molecule has 0 bridgehead atoms. The third-order valence-electron chi connectivity index (χ3n) is 4.69. The van der Waals surface area contributed by atoms with Crippen molar-refractivity contribution >= 4 is 15.9 Å². The molecule has 2 rings (SSSR count). The second-order valence-corrected chi connectivity index (χ2v) is 6.79. The highest BCUT2D eigenvalue weighted by Crippen LogP contribution is 2.29. The standard InChI is InChI=1S/C16H28BrN3O/c1-3-14-16(17)15(20(4-2)19-14)10-18-9-12-7-5-6-8-13(12)11-21/h12-13,18,21H,3-11H2,1-2H3. The van der Waals surface area contributed by atoms with Crippen LogP contribution in [0.5, 0.6) is 0 Å². The molecule has 5 heteroatoms. The molecule has 21 heavy (non-hydrogen) atoms. The minimum atomic E-state index is 0.336. The fourth-order valence-electron chi connectivity index (χ4n) is 3.36. The molecule has 2 atom stereocenters. The number of nitrogens with one attached hydrogen (secondary N) is 1. The summed E-state index contributed by atoms with van der Waals surface area (Å²) < 4.78 is 3.24. The van der Waals surface area contributed by atoms with Crippen LogP contribution in [0, 0.1) is 11.8 Å².